The Balaban J connectivity index is 1.54. The maximum absolute atomic E-state index is 12.3. The molecule has 24 heavy (non-hydrogen) atoms. The van der Waals surface area contributed by atoms with Crippen LogP contribution >= 0.6 is 0 Å². The Morgan fingerprint density at radius 3 is 2.17 bits per heavy atom. The highest BCUT2D eigenvalue weighted by Crippen LogP contribution is 2.21. The fourth-order valence-corrected chi connectivity index (χ4v) is 2.66. The number of para-hydroxylation sites is 1. The van der Waals surface area contributed by atoms with Crippen molar-refractivity contribution in [3.8, 4) is 11.5 Å². The van der Waals surface area contributed by atoms with Crippen LogP contribution in [0.15, 0.2) is 54.6 Å². The van der Waals surface area contributed by atoms with Crippen LogP contribution in [0, 0.1) is 0 Å². The normalized spacial score (nSPS) is 14.3. The zero-order chi connectivity index (χ0) is 16.8. The molecule has 2 amide bonds. The van der Waals surface area contributed by atoms with E-state index in [2.05, 4.69) is 0 Å². The molecule has 0 bridgehead atoms. The van der Waals surface area contributed by atoms with E-state index >= 15 is 0 Å². The van der Waals surface area contributed by atoms with E-state index < -0.39 is 0 Å². The van der Waals surface area contributed by atoms with Gasteiger partial charge in [-0.3, -0.25) is 9.59 Å². The Morgan fingerprint density at radius 1 is 0.917 bits per heavy atom. The zero-order valence-corrected chi connectivity index (χ0v) is 13.4. The van der Waals surface area contributed by atoms with Crippen LogP contribution in [0.1, 0.15) is 5.56 Å². The lowest BCUT2D eigenvalue weighted by Crippen LogP contribution is -2.48. The number of ether oxygens (including phenoxy) is 1. The van der Waals surface area contributed by atoms with E-state index in [1.165, 1.54) is 0 Å². The highest BCUT2D eigenvalue weighted by atomic mass is 16.5. The fourth-order valence-electron chi connectivity index (χ4n) is 2.66. The summed E-state index contributed by atoms with van der Waals surface area (Å²) in [5.74, 6) is 1.63. The van der Waals surface area contributed by atoms with Gasteiger partial charge in [0.2, 0.25) is 12.3 Å². The topological polar surface area (TPSA) is 49.9 Å². The first-order valence-corrected chi connectivity index (χ1v) is 8.03. The molecule has 0 radical (unpaired) electrons. The van der Waals surface area contributed by atoms with Crippen molar-refractivity contribution in [2.75, 3.05) is 26.2 Å². The summed E-state index contributed by atoms with van der Waals surface area (Å²) in [6.45, 7) is 2.43. The predicted molar refractivity (Wildman–Crippen MR) is 90.9 cm³/mol. The van der Waals surface area contributed by atoms with Crippen LogP contribution in [-0.4, -0.2) is 48.3 Å². The molecule has 1 saturated heterocycles. The molecule has 0 spiro atoms. The van der Waals surface area contributed by atoms with Crippen molar-refractivity contribution < 1.29 is 14.3 Å². The minimum atomic E-state index is 0.0947. The summed E-state index contributed by atoms with van der Waals surface area (Å²) in [6.07, 6.45) is 1.21. The van der Waals surface area contributed by atoms with Crippen LogP contribution in [0.5, 0.6) is 11.5 Å². The van der Waals surface area contributed by atoms with E-state index in [0.29, 0.717) is 32.6 Å². The molecule has 0 atom stereocenters. The molecule has 0 unspecified atom stereocenters. The van der Waals surface area contributed by atoms with Gasteiger partial charge in [-0.25, -0.2) is 0 Å². The number of piperazine rings is 1. The first-order chi connectivity index (χ1) is 11.7. The molecular formula is C19H20N2O3. The Morgan fingerprint density at radius 2 is 1.54 bits per heavy atom. The summed E-state index contributed by atoms with van der Waals surface area (Å²) in [7, 11) is 0. The fraction of sp³-hybridized carbons (Fsp3) is 0.263. The Bertz CT molecular complexity index is 678. The van der Waals surface area contributed by atoms with Gasteiger partial charge in [-0.05, 0) is 29.8 Å². The number of carbonyl (C=O) groups is 2. The summed E-state index contributed by atoms with van der Waals surface area (Å²) in [5.41, 5.74) is 0.957. The molecule has 3 rings (SSSR count). The lowest BCUT2D eigenvalue weighted by molar-refractivity contribution is -0.134. The molecule has 0 saturated carbocycles. The quantitative estimate of drug-likeness (QED) is 0.793. The Labute approximate surface area is 141 Å². The van der Waals surface area contributed by atoms with E-state index in [9.17, 15) is 9.59 Å². The van der Waals surface area contributed by atoms with Gasteiger partial charge in [-0.2, -0.15) is 0 Å². The van der Waals surface area contributed by atoms with E-state index in [-0.39, 0.29) is 5.91 Å². The van der Waals surface area contributed by atoms with Crippen molar-refractivity contribution in [3.05, 3.63) is 60.2 Å². The van der Waals surface area contributed by atoms with Crippen LogP contribution in [-0.2, 0) is 16.0 Å². The maximum atomic E-state index is 12.3. The molecule has 0 N–H and O–H groups in total. The smallest absolute Gasteiger partial charge is 0.227 e. The maximum Gasteiger partial charge on any atom is 0.227 e. The van der Waals surface area contributed by atoms with Crippen molar-refractivity contribution in [1.82, 2.24) is 9.80 Å². The summed E-state index contributed by atoms with van der Waals surface area (Å²) in [6, 6.07) is 17.2. The highest BCUT2D eigenvalue weighted by Gasteiger charge is 2.20. The van der Waals surface area contributed by atoms with Gasteiger partial charge in [0.05, 0.1) is 6.42 Å². The molecule has 1 aliphatic heterocycles. The van der Waals surface area contributed by atoms with Crippen molar-refractivity contribution >= 4 is 12.3 Å². The van der Waals surface area contributed by atoms with Crippen LogP contribution in [0.25, 0.3) is 0 Å². The molecule has 1 heterocycles. The molecular weight excluding hydrogens is 304 g/mol. The van der Waals surface area contributed by atoms with Gasteiger partial charge >= 0.3 is 0 Å². The number of hydrogen-bond acceptors (Lipinski definition) is 3. The van der Waals surface area contributed by atoms with Gasteiger partial charge < -0.3 is 14.5 Å². The van der Waals surface area contributed by atoms with E-state index in [1.807, 2.05) is 59.5 Å². The van der Waals surface area contributed by atoms with E-state index in [4.69, 9.17) is 4.74 Å². The van der Waals surface area contributed by atoms with Gasteiger partial charge in [-0.15, -0.1) is 0 Å². The predicted octanol–water partition coefficient (Wildman–Crippen LogP) is 2.32. The first kappa shape index (κ1) is 16.1. The standard InChI is InChI=1S/C19H20N2O3/c22-15-20-10-12-21(13-11-20)19(23)14-16-6-8-18(9-7-16)24-17-4-2-1-3-5-17/h1-9,15H,10-14H2. The number of carbonyl (C=O) groups excluding carboxylic acids is 2. The second kappa shape index (κ2) is 7.64. The van der Waals surface area contributed by atoms with Crippen LogP contribution < -0.4 is 4.74 Å². The van der Waals surface area contributed by atoms with Gasteiger partial charge in [0.15, 0.2) is 0 Å². The number of nitrogens with zero attached hydrogens (tertiary/aromatic N) is 2. The number of benzene rings is 2. The monoisotopic (exact) mass is 324 g/mol. The summed E-state index contributed by atoms with van der Waals surface area (Å²) < 4.78 is 5.74. The Kier molecular flexibility index (Phi) is 5.11. The number of hydrogen-bond donors (Lipinski definition) is 0. The SMILES string of the molecule is O=CN1CCN(C(=O)Cc2ccc(Oc3ccccc3)cc2)CC1. The van der Waals surface area contributed by atoms with E-state index in [1.54, 1.807) is 4.90 Å². The first-order valence-electron chi connectivity index (χ1n) is 8.03. The average Bonchev–Trinajstić information content (AvgIpc) is 2.64. The van der Waals surface area contributed by atoms with Gasteiger partial charge in [0.1, 0.15) is 11.5 Å². The van der Waals surface area contributed by atoms with Crippen LogP contribution in [0.2, 0.25) is 0 Å². The third kappa shape index (κ3) is 4.13. The molecule has 124 valence electrons. The minimum Gasteiger partial charge on any atom is -0.457 e. The average molecular weight is 324 g/mol. The number of amides is 2. The highest BCUT2D eigenvalue weighted by molar-refractivity contribution is 5.79. The molecule has 0 aromatic heterocycles. The van der Waals surface area contributed by atoms with Crippen LogP contribution in [0.3, 0.4) is 0 Å². The minimum absolute atomic E-state index is 0.0947. The van der Waals surface area contributed by atoms with Crippen molar-refractivity contribution in [1.29, 1.82) is 0 Å². The molecule has 2 aromatic rings. The second-order valence-corrected chi connectivity index (χ2v) is 5.76. The molecule has 5 heteroatoms. The lowest BCUT2D eigenvalue weighted by atomic mass is 10.1. The van der Waals surface area contributed by atoms with E-state index in [0.717, 1.165) is 23.5 Å². The molecule has 5 nitrogen and oxygen atoms in total. The van der Waals surface area contributed by atoms with Crippen LogP contribution in [0.4, 0.5) is 0 Å². The second-order valence-electron chi connectivity index (χ2n) is 5.76. The van der Waals surface area contributed by atoms with Crippen molar-refractivity contribution in [2.24, 2.45) is 0 Å². The Hall–Kier alpha value is -2.82. The number of rotatable bonds is 5. The molecule has 2 aromatic carbocycles. The van der Waals surface area contributed by atoms with Gasteiger partial charge in [0, 0.05) is 26.2 Å². The third-order valence-corrected chi connectivity index (χ3v) is 4.07. The van der Waals surface area contributed by atoms with Gasteiger partial charge in [-0.1, -0.05) is 30.3 Å². The van der Waals surface area contributed by atoms with Crippen molar-refractivity contribution in [3.63, 3.8) is 0 Å². The summed E-state index contributed by atoms with van der Waals surface area (Å²) >= 11 is 0. The summed E-state index contributed by atoms with van der Waals surface area (Å²) in [5, 5.41) is 0. The largest absolute Gasteiger partial charge is 0.457 e. The van der Waals surface area contributed by atoms with Crippen molar-refractivity contribution in [2.45, 2.75) is 6.42 Å². The third-order valence-electron chi connectivity index (χ3n) is 4.07. The lowest BCUT2D eigenvalue weighted by Gasteiger charge is -2.32. The molecule has 1 fully saturated rings. The van der Waals surface area contributed by atoms with Gasteiger partial charge in [0.25, 0.3) is 0 Å². The zero-order valence-electron chi connectivity index (χ0n) is 13.4. The molecule has 1 aliphatic rings. The molecule has 0 aliphatic carbocycles. The summed E-state index contributed by atoms with van der Waals surface area (Å²) in [4.78, 5) is 26.5.